The Morgan fingerprint density at radius 2 is 2.04 bits per heavy atom. The van der Waals surface area contributed by atoms with E-state index in [9.17, 15) is 4.79 Å². The number of thiophene rings is 1. The Labute approximate surface area is 141 Å². The van der Waals surface area contributed by atoms with Crippen molar-refractivity contribution in [3.63, 3.8) is 0 Å². The van der Waals surface area contributed by atoms with Crippen LogP contribution in [0.1, 0.15) is 49.0 Å². The molecule has 4 nitrogen and oxygen atoms in total. The second kappa shape index (κ2) is 8.20. The Balaban J connectivity index is 1.64. The van der Waals surface area contributed by atoms with Gasteiger partial charge in [-0.05, 0) is 30.4 Å². The van der Waals surface area contributed by atoms with E-state index in [1.807, 2.05) is 17.0 Å². The number of hydrogen-bond acceptors (Lipinski definition) is 3. The Kier molecular flexibility index (Phi) is 5.75. The Hall–Kier alpha value is -1.75. The molecule has 2 heterocycles. The molecule has 1 fully saturated rings. The molecule has 0 aliphatic heterocycles. The van der Waals surface area contributed by atoms with Gasteiger partial charge in [-0.25, -0.2) is 4.79 Å². The van der Waals surface area contributed by atoms with Crippen LogP contribution >= 0.6 is 11.3 Å². The summed E-state index contributed by atoms with van der Waals surface area (Å²) in [7, 11) is 0. The van der Waals surface area contributed by atoms with Gasteiger partial charge in [0.2, 0.25) is 0 Å². The van der Waals surface area contributed by atoms with Crippen molar-refractivity contribution >= 4 is 17.4 Å². The van der Waals surface area contributed by atoms with Gasteiger partial charge in [0, 0.05) is 16.5 Å². The van der Waals surface area contributed by atoms with Gasteiger partial charge in [-0.2, -0.15) is 0 Å². The molecule has 1 aliphatic carbocycles. The minimum atomic E-state index is 0.0338. The molecule has 0 radical (unpaired) electrons. The lowest BCUT2D eigenvalue weighted by molar-refractivity contribution is 0.187. The maximum atomic E-state index is 12.8. The summed E-state index contributed by atoms with van der Waals surface area (Å²) in [5.41, 5.74) is 1.03. The molecular formula is C18H24N2O2S. The zero-order valence-corrected chi connectivity index (χ0v) is 14.2. The predicted octanol–water partition coefficient (Wildman–Crippen LogP) is 4.78. The molecule has 0 bridgehead atoms. The third-order valence-corrected chi connectivity index (χ3v) is 5.21. The molecule has 5 heteroatoms. The zero-order chi connectivity index (χ0) is 15.9. The number of urea groups is 1. The summed E-state index contributed by atoms with van der Waals surface area (Å²) in [6.45, 7) is 1.22. The molecule has 23 heavy (non-hydrogen) atoms. The van der Waals surface area contributed by atoms with Gasteiger partial charge in [0.1, 0.15) is 0 Å². The second-order valence-corrected chi connectivity index (χ2v) is 7.24. The van der Waals surface area contributed by atoms with Crippen LogP contribution in [-0.2, 0) is 13.1 Å². The first kappa shape index (κ1) is 16.1. The third-order valence-electron chi connectivity index (χ3n) is 4.35. The number of nitrogens with zero attached hydrogens (tertiary/aromatic N) is 1. The van der Waals surface area contributed by atoms with Gasteiger partial charge in [-0.3, -0.25) is 0 Å². The van der Waals surface area contributed by atoms with Crippen molar-refractivity contribution in [2.45, 2.75) is 57.7 Å². The molecule has 0 atom stereocenters. The van der Waals surface area contributed by atoms with E-state index in [0.29, 0.717) is 19.1 Å². The van der Waals surface area contributed by atoms with E-state index in [1.54, 1.807) is 23.9 Å². The Morgan fingerprint density at radius 3 is 2.70 bits per heavy atom. The van der Waals surface area contributed by atoms with Gasteiger partial charge in [-0.1, -0.05) is 31.7 Å². The largest absolute Gasteiger partial charge is 0.472 e. The van der Waals surface area contributed by atoms with Gasteiger partial charge in [0.05, 0.1) is 25.6 Å². The van der Waals surface area contributed by atoms with E-state index in [-0.39, 0.29) is 6.03 Å². The maximum Gasteiger partial charge on any atom is 0.318 e. The molecule has 1 N–H and O–H groups in total. The minimum absolute atomic E-state index is 0.0338. The first-order valence-electron chi connectivity index (χ1n) is 8.40. The van der Waals surface area contributed by atoms with Gasteiger partial charge < -0.3 is 14.6 Å². The zero-order valence-electron chi connectivity index (χ0n) is 13.4. The standard InChI is InChI=1S/C18H24N2O2S/c21-18(19-16-6-3-1-2-4-7-16)20(12-15-9-10-22-14-15)13-17-8-5-11-23-17/h5,8-11,14,16H,1-4,6-7,12-13H2,(H,19,21). The fourth-order valence-corrected chi connectivity index (χ4v) is 3.80. The van der Waals surface area contributed by atoms with Crippen LogP contribution in [0, 0.1) is 0 Å². The van der Waals surface area contributed by atoms with E-state index < -0.39 is 0 Å². The predicted molar refractivity (Wildman–Crippen MR) is 92.3 cm³/mol. The van der Waals surface area contributed by atoms with Crippen LogP contribution in [0.3, 0.4) is 0 Å². The number of amides is 2. The van der Waals surface area contributed by atoms with E-state index >= 15 is 0 Å². The number of nitrogens with one attached hydrogen (secondary N) is 1. The van der Waals surface area contributed by atoms with Crippen LogP contribution in [0.15, 0.2) is 40.5 Å². The normalized spacial score (nSPS) is 16.0. The van der Waals surface area contributed by atoms with Crippen LogP contribution in [-0.4, -0.2) is 17.0 Å². The molecule has 124 valence electrons. The highest BCUT2D eigenvalue weighted by Gasteiger charge is 2.20. The molecule has 0 spiro atoms. The van der Waals surface area contributed by atoms with E-state index in [0.717, 1.165) is 18.4 Å². The first-order chi connectivity index (χ1) is 11.3. The van der Waals surface area contributed by atoms with Crippen LogP contribution in [0.2, 0.25) is 0 Å². The Morgan fingerprint density at radius 1 is 1.22 bits per heavy atom. The minimum Gasteiger partial charge on any atom is -0.472 e. The first-order valence-corrected chi connectivity index (χ1v) is 9.28. The summed E-state index contributed by atoms with van der Waals surface area (Å²) in [4.78, 5) is 15.8. The van der Waals surface area contributed by atoms with Crippen LogP contribution in [0.5, 0.6) is 0 Å². The summed E-state index contributed by atoms with van der Waals surface area (Å²) in [5, 5.41) is 5.30. The van der Waals surface area contributed by atoms with Crippen LogP contribution in [0.4, 0.5) is 4.79 Å². The van der Waals surface area contributed by atoms with Crippen LogP contribution < -0.4 is 5.32 Å². The highest BCUT2D eigenvalue weighted by atomic mass is 32.1. The summed E-state index contributed by atoms with van der Waals surface area (Å²) in [6.07, 6.45) is 10.6. The van der Waals surface area contributed by atoms with Crippen molar-refractivity contribution in [1.29, 1.82) is 0 Å². The topological polar surface area (TPSA) is 45.5 Å². The summed E-state index contributed by atoms with van der Waals surface area (Å²) < 4.78 is 5.14. The average molecular weight is 332 g/mol. The lowest BCUT2D eigenvalue weighted by atomic mass is 10.1. The van der Waals surface area contributed by atoms with E-state index in [2.05, 4.69) is 16.8 Å². The molecule has 2 aromatic heterocycles. The number of carbonyl (C=O) groups excluding carboxylic acids is 1. The number of hydrogen-bond donors (Lipinski definition) is 1. The van der Waals surface area contributed by atoms with Gasteiger partial charge in [0.25, 0.3) is 0 Å². The van der Waals surface area contributed by atoms with Crippen molar-refractivity contribution < 1.29 is 9.21 Å². The summed E-state index contributed by atoms with van der Waals surface area (Å²) >= 11 is 1.69. The molecule has 1 aliphatic rings. The molecule has 0 saturated heterocycles. The number of furan rings is 1. The quantitative estimate of drug-likeness (QED) is 0.801. The smallest absolute Gasteiger partial charge is 0.318 e. The van der Waals surface area contributed by atoms with Crippen molar-refractivity contribution in [1.82, 2.24) is 10.2 Å². The summed E-state index contributed by atoms with van der Waals surface area (Å²) in [6, 6.07) is 6.37. The Bertz CT molecular complexity index is 536. The monoisotopic (exact) mass is 332 g/mol. The van der Waals surface area contributed by atoms with E-state index in [4.69, 9.17) is 4.42 Å². The molecule has 0 unspecified atom stereocenters. The average Bonchev–Trinajstić information content (AvgIpc) is 3.18. The van der Waals surface area contributed by atoms with Crippen molar-refractivity contribution in [2.24, 2.45) is 0 Å². The molecule has 0 aromatic carbocycles. The molecule has 3 rings (SSSR count). The number of carbonyl (C=O) groups is 1. The second-order valence-electron chi connectivity index (χ2n) is 6.21. The van der Waals surface area contributed by atoms with Crippen molar-refractivity contribution in [2.75, 3.05) is 0 Å². The SMILES string of the molecule is O=C(NC1CCCCCC1)N(Cc1ccoc1)Cc1cccs1. The van der Waals surface area contributed by atoms with Crippen molar-refractivity contribution in [3.8, 4) is 0 Å². The van der Waals surface area contributed by atoms with Gasteiger partial charge in [0.15, 0.2) is 0 Å². The number of rotatable bonds is 5. The maximum absolute atomic E-state index is 12.8. The third kappa shape index (κ3) is 4.86. The highest BCUT2D eigenvalue weighted by molar-refractivity contribution is 7.09. The van der Waals surface area contributed by atoms with Gasteiger partial charge >= 0.3 is 6.03 Å². The van der Waals surface area contributed by atoms with Crippen LogP contribution in [0.25, 0.3) is 0 Å². The molecule has 2 amide bonds. The molecular weight excluding hydrogens is 308 g/mol. The van der Waals surface area contributed by atoms with Crippen molar-refractivity contribution in [3.05, 3.63) is 46.5 Å². The fourth-order valence-electron chi connectivity index (χ4n) is 3.08. The summed E-state index contributed by atoms with van der Waals surface area (Å²) in [5.74, 6) is 0. The fraction of sp³-hybridized carbons (Fsp3) is 0.500. The molecule has 1 saturated carbocycles. The molecule has 2 aromatic rings. The van der Waals surface area contributed by atoms with E-state index in [1.165, 1.54) is 30.6 Å². The lowest BCUT2D eigenvalue weighted by Crippen LogP contribution is -2.44. The highest BCUT2D eigenvalue weighted by Crippen LogP contribution is 2.19. The van der Waals surface area contributed by atoms with Gasteiger partial charge in [-0.15, -0.1) is 11.3 Å². The lowest BCUT2D eigenvalue weighted by Gasteiger charge is -2.25.